The average Bonchev–Trinajstić information content (AvgIpc) is 2.90. The van der Waals surface area contributed by atoms with Crippen molar-refractivity contribution in [2.45, 2.75) is 26.7 Å². The molecule has 3 N–H and O–H groups in total. The zero-order chi connectivity index (χ0) is 15.1. The van der Waals surface area contributed by atoms with E-state index in [4.69, 9.17) is 0 Å². The molecule has 7 heteroatoms. The van der Waals surface area contributed by atoms with Crippen LogP contribution in [-0.4, -0.2) is 39.4 Å². The number of aromatic amines is 1. The third-order valence-corrected chi connectivity index (χ3v) is 3.10. The number of amides is 1. The highest BCUT2D eigenvalue weighted by atomic mass is 16.1. The molecule has 0 bridgehead atoms. The summed E-state index contributed by atoms with van der Waals surface area (Å²) in [5.74, 6) is 0.471. The standard InChI is InChI=1S/C14H20N6O/c1-3-15-14(21)12-6-7-13(20-19-12)16-8-4-5-11-9-17-18-10(11)2/h6-7,9H,3-5,8H2,1-2H3,(H,15,21)(H,16,20)(H,17,18). The van der Waals surface area contributed by atoms with Crippen molar-refractivity contribution in [3.63, 3.8) is 0 Å². The predicted octanol–water partition coefficient (Wildman–Crippen LogP) is 1.30. The highest BCUT2D eigenvalue weighted by Gasteiger charge is 2.06. The molecular formula is C14H20N6O. The lowest BCUT2D eigenvalue weighted by atomic mass is 10.1. The Morgan fingerprint density at radius 1 is 1.33 bits per heavy atom. The first-order valence-electron chi connectivity index (χ1n) is 7.05. The van der Waals surface area contributed by atoms with Crippen LogP contribution in [0.2, 0.25) is 0 Å². The normalized spacial score (nSPS) is 10.4. The molecule has 0 aliphatic carbocycles. The summed E-state index contributed by atoms with van der Waals surface area (Å²) >= 11 is 0. The molecule has 0 aromatic carbocycles. The molecule has 7 nitrogen and oxygen atoms in total. The van der Waals surface area contributed by atoms with Crippen molar-refractivity contribution in [3.05, 3.63) is 35.3 Å². The lowest BCUT2D eigenvalue weighted by Crippen LogP contribution is -2.24. The van der Waals surface area contributed by atoms with Crippen LogP contribution < -0.4 is 10.6 Å². The maximum atomic E-state index is 11.5. The molecule has 112 valence electrons. The Bertz CT molecular complexity index is 577. The van der Waals surface area contributed by atoms with E-state index in [9.17, 15) is 4.79 Å². The maximum absolute atomic E-state index is 11.5. The molecule has 0 spiro atoms. The van der Waals surface area contributed by atoms with Crippen molar-refractivity contribution >= 4 is 11.7 Å². The van der Waals surface area contributed by atoms with Crippen LogP contribution in [0, 0.1) is 6.92 Å². The molecule has 2 heterocycles. The van der Waals surface area contributed by atoms with Crippen LogP contribution in [0.4, 0.5) is 5.82 Å². The summed E-state index contributed by atoms with van der Waals surface area (Å²) in [6, 6.07) is 3.43. The van der Waals surface area contributed by atoms with Gasteiger partial charge in [0.1, 0.15) is 5.82 Å². The number of aryl methyl sites for hydroxylation is 2. The van der Waals surface area contributed by atoms with E-state index >= 15 is 0 Å². The van der Waals surface area contributed by atoms with Gasteiger partial charge in [-0.2, -0.15) is 5.10 Å². The van der Waals surface area contributed by atoms with E-state index in [1.807, 2.05) is 20.0 Å². The summed E-state index contributed by atoms with van der Waals surface area (Å²) in [6.45, 7) is 5.25. The van der Waals surface area contributed by atoms with Gasteiger partial charge in [-0.1, -0.05) is 0 Å². The van der Waals surface area contributed by atoms with E-state index in [1.54, 1.807) is 12.1 Å². The van der Waals surface area contributed by atoms with Gasteiger partial charge in [-0.05, 0) is 44.4 Å². The Kier molecular flexibility index (Phi) is 5.25. The topological polar surface area (TPSA) is 95.6 Å². The highest BCUT2D eigenvalue weighted by molar-refractivity contribution is 5.92. The zero-order valence-corrected chi connectivity index (χ0v) is 12.3. The summed E-state index contributed by atoms with van der Waals surface area (Å²) < 4.78 is 0. The van der Waals surface area contributed by atoms with Gasteiger partial charge < -0.3 is 10.6 Å². The van der Waals surface area contributed by atoms with Gasteiger partial charge in [-0.25, -0.2) is 0 Å². The molecule has 2 aromatic rings. The minimum Gasteiger partial charge on any atom is -0.369 e. The quantitative estimate of drug-likeness (QED) is 0.667. The average molecular weight is 288 g/mol. The van der Waals surface area contributed by atoms with Crippen LogP contribution in [0.3, 0.4) is 0 Å². The van der Waals surface area contributed by atoms with Crippen LogP contribution in [-0.2, 0) is 6.42 Å². The Balaban J connectivity index is 1.76. The van der Waals surface area contributed by atoms with Crippen LogP contribution in [0.5, 0.6) is 0 Å². The molecule has 0 aliphatic rings. The second kappa shape index (κ2) is 7.37. The number of nitrogens with one attached hydrogen (secondary N) is 3. The number of rotatable bonds is 7. The van der Waals surface area contributed by atoms with Crippen molar-refractivity contribution in [1.82, 2.24) is 25.7 Å². The fourth-order valence-corrected chi connectivity index (χ4v) is 1.92. The monoisotopic (exact) mass is 288 g/mol. The maximum Gasteiger partial charge on any atom is 0.271 e. The largest absolute Gasteiger partial charge is 0.369 e. The molecule has 0 radical (unpaired) electrons. The van der Waals surface area contributed by atoms with Gasteiger partial charge >= 0.3 is 0 Å². The third kappa shape index (κ3) is 4.27. The molecule has 2 rings (SSSR count). The number of hydrogen-bond acceptors (Lipinski definition) is 5. The Hall–Kier alpha value is -2.44. The SMILES string of the molecule is CCNC(=O)c1ccc(NCCCc2cn[nH]c2C)nn1. The number of H-pyrrole nitrogens is 1. The molecule has 0 atom stereocenters. The molecule has 21 heavy (non-hydrogen) atoms. The summed E-state index contributed by atoms with van der Waals surface area (Å²) in [5, 5.41) is 20.7. The summed E-state index contributed by atoms with van der Waals surface area (Å²) in [5.41, 5.74) is 2.67. The number of carbonyl (C=O) groups is 1. The minimum absolute atomic E-state index is 0.202. The lowest BCUT2D eigenvalue weighted by molar-refractivity contribution is 0.0950. The van der Waals surface area contributed by atoms with E-state index in [1.165, 1.54) is 5.56 Å². The second-order valence-corrected chi connectivity index (χ2v) is 4.71. The second-order valence-electron chi connectivity index (χ2n) is 4.71. The molecule has 0 unspecified atom stereocenters. The van der Waals surface area contributed by atoms with E-state index in [2.05, 4.69) is 31.0 Å². The Morgan fingerprint density at radius 2 is 2.19 bits per heavy atom. The van der Waals surface area contributed by atoms with Gasteiger partial charge in [0.05, 0.1) is 6.20 Å². The number of hydrogen-bond donors (Lipinski definition) is 3. The third-order valence-electron chi connectivity index (χ3n) is 3.10. The van der Waals surface area contributed by atoms with E-state index in [0.717, 1.165) is 25.1 Å². The summed E-state index contributed by atoms with van der Waals surface area (Å²) in [4.78, 5) is 11.5. The smallest absolute Gasteiger partial charge is 0.271 e. The molecule has 0 saturated heterocycles. The van der Waals surface area contributed by atoms with Crippen molar-refractivity contribution in [2.24, 2.45) is 0 Å². The van der Waals surface area contributed by atoms with Gasteiger partial charge in [0, 0.05) is 18.8 Å². The van der Waals surface area contributed by atoms with E-state index in [0.29, 0.717) is 18.1 Å². The van der Waals surface area contributed by atoms with Crippen LogP contribution in [0.15, 0.2) is 18.3 Å². The molecular weight excluding hydrogens is 268 g/mol. The Morgan fingerprint density at radius 3 is 2.81 bits per heavy atom. The number of aromatic nitrogens is 4. The van der Waals surface area contributed by atoms with Gasteiger partial charge in [0.15, 0.2) is 5.69 Å². The van der Waals surface area contributed by atoms with Crippen molar-refractivity contribution in [2.75, 3.05) is 18.4 Å². The first-order chi connectivity index (χ1) is 10.2. The first kappa shape index (κ1) is 15.0. The van der Waals surface area contributed by atoms with Crippen molar-refractivity contribution < 1.29 is 4.79 Å². The summed E-state index contributed by atoms with van der Waals surface area (Å²) in [7, 11) is 0. The Labute approximate surface area is 123 Å². The van der Waals surface area contributed by atoms with E-state index < -0.39 is 0 Å². The zero-order valence-electron chi connectivity index (χ0n) is 12.3. The number of nitrogens with zero attached hydrogens (tertiary/aromatic N) is 3. The minimum atomic E-state index is -0.202. The molecule has 0 fully saturated rings. The van der Waals surface area contributed by atoms with Gasteiger partial charge in [-0.15, -0.1) is 10.2 Å². The molecule has 1 amide bonds. The van der Waals surface area contributed by atoms with Crippen molar-refractivity contribution in [3.8, 4) is 0 Å². The number of carbonyl (C=O) groups excluding carboxylic acids is 1. The first-order valence-corrected chi connectivity index (χ1v) is 7.05. The predicted molar refractivity (Wildman–Crippen MR) is 80.2 cm³/mol. The van der Waals surface area contributed by atoms with Gasteiger partial charge in [0.2, 0.25) is 0 Å². The fraction of sp³-hybridized carbons (Fsp3) is 0.429. The molecule has 0 saturated carbocycles. The van der Waals surface area contributed by atoms with Crippen LogP contribution >= 0.6 is 0 Å². The molecule has 0 aliphatic heterocycles. The fourth-order valence-electron chi connectivity index (χ4n) is 1.92. The van der Waals surface area contributed by atoms with Crippen LogP contribution in [0.1, 0.15) is 35.1 Å². The van der Waals surface area contributed by atoms with E-state index in [-0.39, 0.29) is 5.91 Å². The summed E-state index contributed by atoms with van der Waals surface area (Å²) in [6.07, 6.45) is 3.79. The number of anilines is 1. The van der Waals surface area contributed by atoms with Gasteiger partial charge in [-0.3, -0.25) is 9.89 Å². The molecule has 2 aromatic heterocycles. The van der Waals surface area contributed by atoms with Gasteiger partial charge in [0.25, 0.3) is 5.91 Å². The highest BCUT2D eigenvalue weighted by Crippen LogP contribution is 2.07. The lowest BCUT2D eigenvalue weighted by Gasteiger charge is -2.05. The van der Waals surface area contributed by atoms with Crippen molar-refractivity contribution in [1.29, 1.82) is 0 Å². The van der Waals surface area contributed by atoms with Crippen LogP contribution in [0.25, 0.3) is 0 Å².